The number of halogens is 2. The normalized spacial score (nSPS) is 12.4. The fourth-order valence-electron chi connectivity index (χ4n) is 1.32. The molecule has 0 fully saturated rings. The second-order valence-electron chi connectivity index (χ2n) is 5.07. The third kappa shape index (κ3) is 6.29. The Kier molecular flexibility index (Phi) is 5.42. The number of guanidine groups is 1. The molecule has 19 heavy (non-hydrogen) atoms. The highest BCUT2D eigenvalue weighted by Gasteiger charge is 2.09. The molecule has 0 unspecified atom stereocenters. The van der Waals surface area contributed by atoms with E-state index in [0.29, 0.717) is 24.9 Å². The maximum Gasteiger partial charge on any atom is 0.189 e. The predicted molar refractivity (Wildman–Crippen MR) is 76.3 cm³/mol. The first-order valence-electron chi connectivity index (χ1n) is 5.94. The van der Waals surface area contributed by atoms with Gasteiger partial charge >= 0.3 is 0 Å². The summed E-state index contributed by atoms with van der Waals surface area (Å²) in [6, 6.07) is 4.29. The fourth-order valence-corrected chi connectivity index (χ4v) is 1.44. The van der Waals surface area contributed by atoms with E-state index >= 15 is 0 Å². The molecule has 0 aliphatic carbocycles. The summed E-state index contributed by atoms with van der Waals surface area (Å²) in [7, 11) is 0. The average molecular weight is 288 g/mol. The lowest BCUT2D eigenvalue weighted by atomic mass is 10.1. The molecule has 0 atom stereocenters. The quantitative estimate of drug-likeness (QED) is 0.508. The minimum atomic E-state index is -0.503. The number of rotatable bonds is 4. The van der Waals surface area contributed by atoms with Crippen molar-refractivity contribution < 1.29 is 9.13 Å². The second kappa shape index (κ2) is 6.61. The summed E-state index contributed by atoms with van der Waals surface area (Å²) in [6.45, 7) is 6.67. The van der Waals surface area contributed by atoms with E-state index in [1.54, 1.807) is 6.07 Å². The number of benzene rings is 1. The molecule has 0 saturated heterocycles. The van der Waals surface area contributed by atoms with Crippen molar-refractivity contribution in [3.8, 4) is 5.75 Å². The van der Waals surface area contributed by atoms with Crippen molar-refractivity contribution in [2.45, 2.75) is 26.3 Å². The van der Waals surface area contributed by atoms with Crippen LogP contribution in [0.2, 0.25) is 5.02 Å². The zero-order chi connectivity index (χ0) is 14.5. The van der Waals surface area contributed by atoms with Gasteiger partial charge in [-0.2, -0.15) is 0 Å². The van der Waals surface area contributed by atoms with Crippen molar-refractivity contribution in [1.29, 1.82) is 0 Å². The summed E-state index contributed by atoms with van der Waals surface area (Å²) in [5.74, 6) is 0.273. The molecule has 3 N–H and O–H groups in total. The summed E-state index contributed by atoms with van der Waals surface area (Å²) in [4.78, 5) is 4.10. The van der Waals surface area contributed by atoms with Gasteiger partial charge in [-0.3, -0.25) is 0 Å². The van der Waals surface area contributed by atoms with Crippen molar-refractivity contribution in [2.24, 2.45) is 10.7 Å². The summed E-state index contributed by atoms with van der Waals surface area (Å²) in [5.41, 5.74) is 5.56. The molecule has 4 nitrogen and oxygen atoms in total. The van der Waals surface area contributed by atoms with Gasteiger partial charge in [0.1, 0.15) is 18.2 Å². The Labute approximate surface area is 117 Å². The maximum atomic E-state index is 13.1. The molecule has 6 heteroatoms. The maximum absolute atomic E-state index is 13.1. The average Bonchev–Trinajstić information content (AvgIpc) is 2.27. The molecule has 1 aromatic carbocycles. The van der Waals surface area contributed by atoms with Gasteiger partial charge in [-0.25, -0.2) is 9.38 Å². The first-order valence-corrected chi connectivity index (χ1v) is 6.32. The first kappa shape index (κ1) is 15.6. The van der Waals surface area contributed by atoms with Crippen LogP contribution in [0, 0.1) is 5.82 Å². The molecule has 1 aromatic rings. The number of nitrogens with one attached hydrogen (secondary N) is 1. The van der Waals surface area contributed by atoms with E-state index in [1.807, 2.05) is 20.8 Å². The molecule has 0 radical (unpaired) electrons. The molecule has 0 heterocycles. The van der Waals surface area contributed by atoms with Gasteiger partial charge in [-0.05, 0) is 32.9 Å². The van der Waals surface area contributed by atoms with Crippen molar-refractivity contribution in [2.75, 3.05) is 13.2 Å². The van der Waals surface area contributed by atoms with Gasteiger partial charge in [0, 0.05) is 11.6 Å². The summed E-state index contributed by atoms with van der Waals surface area (Å²) in [6.07, 6.45) is 0. The van der Waals surface area contributed by atoms with Crippen molar-refractivity contribution in [1.82, 2.24) is 5.32 Å². The summed E-state index contributed by atoms with van der Waals surface area (Å²) in [5, 5.41) is 3.10. The van der Waals surface area contributed by atoms with Crippen LogP contribution < -0.4 is 15.8 Å². The predicted octanol–water partition coefficient (Wildman–Crippen LogP) is 2.56. The van der Waals surface area contributed by atoms with Crippen LogP contribution in [0.15, 0.2) is 23.2 Å². The Bertz CT molecular complexity index is 458. The molecule has 0 aliphatic heterocycles. The van der Waals surface area contributed by atoms with E-state index in [9.17, 15) is 4.39 Å². The number of aliphatic imine (C=N–C) groups is 1. The van der Waals surface area contributed by atoms with Gasteiger partial charge in [-0.15, -0.1) is 0 Å². The van der Waals surface area contributed by atoms with Crippen LogP contribution >= 0.6 is 11.6 Å². The third-order valence-corrected chi connectivity index (χ3v) is 2.34. The fraction of sp³-hybridized carbons (Fsp3) is 0.462. The number of hydrogen-bond acceptors (Lipinski definition) is 2. The monoisotopic (exact) mass is 287 g/mol. The van der Waals surface area contributed by atoms with E-state index in [0.717, 1.165) is 0 Å². The molecular weight excluding hydrogens is 269 g/mol. The highest BCUT2D eigenvalue weighted by Crippen LogP contribution is 2.20. The zero-order valence-corrected chi connectivity index (χ0v) is 12.1. The van der Waals surface area contributed by atoms with Gasteiger partial charge in [0.05, 0.1) is 11.6 Å². The molecule has 0 bridgehead atoms. The van der Waals surface area contributed by atoms with Gasteiger partial charge in [-0.1, -0.05) is 11.6 Å². The highest BCUT2D eigenvalue weighted by molar-refractivity contribution is 6.30. The smallest absolute Gasteiger partial charge is 0.189 e. The lowest BCUT2D eigenvalue weighted by Gasteiger charge is -2.20. The topological polar surface area (TPSA) is 59.6 Å². The lowest BCUT2D eigenvalue weighted by Crippen LogP contribution is -2.45. The third-order valence-electron chi connectivity index (χ3n) is 2.04. The van der Waals surface area contributed by atoms with Crippen LogP contribution in [0.1, 0.15) is 20.8 Å². The molecular formula is C13H19ClFN3O. The molecule has 0 amide bonds. The Hall–Kier alpha value is -1.49. The Morgan fingerprint density at radius 3 is 2.74 bits per heavy atom. The van der Waals surface area contributed by atoms with Gasteiger partial charge in [0.25, 0.3) is 0 Å². The van der Waals surface area contributed by atoms with E-state index in [2.05, 4.69) is 10.3 Å². The largest absolute Gasteiger partial charge is 0.492 e. The number of ether oxygens (including phenoxy) is 1. The van der Waals surface area contributed by atoms with Gasteiger partial charge < -0.3 is 15.8 Å². The van der Waals surface area contributed by atoms with Gasteiger partial charge in [0.15, 0.2) is 5.96 Å². The van der Waals surface area contributed by atoms with Crippen molar-refractivity contribution in [3.63, 3.8) is 0 Å². The van der Waals surface area contributed by atoms with E-state index in [-0.39, 0.29) is 10.6 Å². The van der Waals surface area contributed by atoms with Crippen LogP contribution in [0.3, 0.4) is 0 Å². The van der Waals surface area contributed by atoms with E-state index < -0.39 is 5.82 Å². The summed E-state index contributed by atoms with van der Waals surface area (Å²) >= 11 is 5.57. The standard InChI is InChI=1S/C13H19ClFN3O/c1-13(2,3)18-12(16)17-6-7-19-9-4-5-10(14)11(15)8-9/h4-5,8H,6-7H2,1-3H3,(H3,16,17,18). The van der Waals surface area contributed by atoms with Crippen molar-refractivity contribution in [3.05, 3.63) is 29.0 Å². The number of nitrogens with two attached hydrogens (primary N) is 1. The van der Waals surface area contributed by atoms with Crippen LogP contribution in [0.25, 0.3) is 0 Å². The zero-order valence-electron chi connectivity index (χ0n) is 11.3. The van der Waals surface area contributed by atoms with Crippen LogP contribution in [-0.2, 0) is 0 Å². The lowest BCUT2D eigenvalue weighted by molar-refractivity contribution is 0.326. The molecule has 0 spiro atoms. The molecule has 106 valence electrons. The van der Waals surface area contributed by atoms with Crippen molar-refractivity contribution >= 4 is 17.6 Å². The molecule has 1 rings (SSSR count). The Morgan fingerprint density at radius 2 is 2.16 bits per heavy atom. The minimum absolute atomic E-state index is 0.0731. The molecule has 0 saturated carbocycles. The highest BCUT2D eigenvalue weighted by atomic mass is 35.5. The van der Waals surface area contributed by atoms with E-state index in [4.69, 9.17) is 22.1 Å². The summed E-state index contributed by atoms with van der Waals surface area (Å²) < 4.78 is 18.5. The second-order valence-corrected chi connectivity index (χ2v) is 5.47. The van der Waals surface area contributed by atoms with E-state index in [1.165, 1.54) is 12.1 Å². The first-order chi connectivity index (χ1) is 8.78. The van der Waals surface area contributed by atoms with Crippen LogP contribution in [0.4, 0.5) is 4.39 Å². The van der Waals surface area contributed by atoms with Gasteiger partial charge in [0.2, 0.25) is 0 Å². The number of hydrogen-bond donors (Lipinski definition) is 2. The SMILES string of the molecule is CC(C)(C)NC(N)=NCCOc1ccc(Cl)c(F)c1. The molecule has 0 aliphatic rings. The van der Waals surface area contributed by atoms with Crippen LogP contribution in [-0.4, -0.2) is 24.7 Å². The molecule has 0 aromatic heterocycles. The Balaban J connectivity index is 2.38. The number of nitrogens with zero attached hydrogens (tertiary/aromatic N) is 1. The minimum Gasteiger partial charge on any atom is -0.492 e. The Morgan fingerprint density at radius 1 is 1.47 bits per heavy atom. The van der Waals surface area contributed by atoms with Crippen LogP contribution in [0.5, 0.6) is 5.75 Å².